The molecule has 2 amide bonds. The Bertz CT molecular complexity index is 518. The molecule has 1 saturated heterocycles. The zero-order chi connectivity index (χ0) is 14.7. The van der Waals surface area contributed by atoms with Gasteiger partial charge in [0.2, 0.25) is 5.91 Å². The number of rotatable bonds is 3. The van der Waals surface area contributed by atoms with Crippen molar-refractivity contribution in [2.75, 3.05) is 18.4 Å². The Kier molecular flexibility index (Phi) is 4.44. The van der Waals surface area contributed by atoms with Crippen molar-refractivity contribution in [1.29, 1.82) is 0 Å². The first kappa shape index (κ1) is 14.6. The number of hydrogen-bond acceptors (Lipinski definition) is 3. The SMILES string of the molecule is CC(Cl)C(=O)N1CC(OC(=O)Nc2cccc(F)c2)C1. The lowest BCUT2D eigenvalue weighted by Crippen LogP contribution is -2.57. The van der Waals surface area contributed by atoms with Gasteiger partial charge >= 0.3 is 6.09 Å². The van der Waals surface area contributed by atoms with E-state index in [2.05, 4.69) is 5.32 Å². The second-order valence-electron chi connectivity index (χ2n) is 4.52. The van der Waals surface area contributed by atoms with Crippen molar-refractivity contribution < 1.29 is 18.7 Å². The number of nitrogens with one attached hydrogen (secondary N) is 1. The van der Waals surface area contributed by atoms with E-state index >= 15 is 0 Å². The number of likely N-dealkylation sites (tertiary alicyclic amines) is 1. The van der Waals surface area contributed by atoms with Gasteiger partial charge in [-0.3, -0.25) is 10.1 Å². The van der Waals surface area contributed by atoms with E-state index in [1.54, 1.807) is 13.0 Å². The fourth-order valence-electron chi connectivity index (χ4n) is 1.81. The molecule has 108 valence electrons. The molecule has 0 aromatic heterocycles. The minimum Gasteiger partial charge on any atom is -0.442 e. The smallest absolute Gasteiger partial charge is 0.412 e. The van der Waals surface area contributed by atoms with Gasteiger partial charge in [-0.1, -0.05) is 6.07 Å². The first-order valence-electron chi connectivity index (χ1n) is 6.12. The van der Waals surface area contributed by atoms with Crippen LogP contribution in [0.15, 0.2) is 24.3 Å². The molecule has 1 unspecified atom stereocenters. The van der Waals surface area contributed by atoms with Gasteiger partial charge in [0.1, 0.15) is 17.3 Å². The largest absolute Gasteiger partial charge is 0.442 e. The van der Waals surface area contributed by atoms with E-state index < -0.39 is 17.3 Å². The Morgan fingerprint density at radius 1 is 1.50 bits per heavy atom. The molecule has 1 aliphatic heterocycles. The van der Waals surface area contributed by atoms with Crippen LogP contribution in [0.1, 0.15) is 6.92 Å². The predicted molar refractivity (Wildman–Crippen MR) is 72.2 cm³/mol. The van der Waals surface area contributed by atoms with Crippen molar-refractivity contribution in [2.45, 2.75) is 18.4 Å². The van der Waals surface area contributed by atoms with E-state index in [0.29, 0.717) is 18.8 Å². The summed E-state index contributed by atoms with van der Waals surface area (Å²) in [6.07, 6.45) is -1.03. The van der Waals surface area contributed by atoms with E-state index in [4.69, 9.17) is 16.3 Å². The Morgan fingerprint density at radius 2 is 2.20 bits per heavy atom. The molecule has 1 aromatic carbocycles. The number of carbonyl (C=O) groups excluding carboxylic acids is 2. The molecule has 1 atom stereocenters. The third-order valence-corrected chi connectivity index (χ3v) is 3.03. The van der Waals surface area contributed by atoms with Crippen molar-refractivity contribution in [3.63, 3.8) is 0 Å². The van der Waals surface area contributed by atoms with Gasteiger partial charge in [-0.25, -0.2) is 9.18 Å². The van der Waals surface area contributed by atoms with Crippen molar-refractivity contribution >= 4 is 29.3 Å². The highest BCUT2D eigenvalue weighted by Gasteiger charge is 2.34. The summed E-state index contributed by atoms with van der Waals surface area (Å²) in [4.78, 5) is 24.5. The topological polar surface area (TPSA) is 58.6 Å². The van der Waals surface area contributed by atoms with Crippen LogP contribution in [0.25, 0.3) is 0 Å². The van der Waals surface area contributed by atoms with Crippen LogP contribution < -0.4 is 5.32 Å². The molecule has 1 aliphatic rings. The maximum atomic E-state index is 12.9. The van der Waals surface area contributed by atoms with E-state index in [1.807, 2.05) is 0 Å². The van der Waals surface area contributed by atoms with Gasteiger partial charge in [0.25, 0.3) is 0 Å². The molecule has 5 nitrogen and oxygen atoms in total. The first-order chi connectivity index (χ1) is 9.45. The van der Waals surface area contributed by atoms with Crippen molar-refractivity contribution in [2.24, 2.45) is 0 Å². The van der Waals surface area contributed by atoms with Gasteiger partial charge in [0, 0.05) is 5.69 Å². The minimum atomic E-state index is -0.674. The van der Waals surface area contributed by atoms with Crippen LogP contribution in [0.5, 0.6) is 0 Å². The van der Waals surface area contributed by atoms with Crippen LogP contribution in [0.2, 0.25) is 0 Å². The van der Waals surface area contributed by atoms with Crippen LogP contribution in [-0.4, -0.2) is 41.5 Å². The molecule has 1 heterocycles. The summed E-state index contributed by atoms with van der Waals surface area (Å²) in [5, 5.41) is 1.83. The van der Waals surface area contributed by atoms with Crippen molar-refractivity contribution in [1.82, 2.24) is 4.90 Å². The van der Waals surface area contributed by atoms with E-state index in [1.165, 1.54) is 23.1 Å². The predicted octanol–water partition coefficient (Wildman–Crippen LogP) is 2.21. The maximum Gasteiger partial charge on any atom is 0.412 e. The Balaban J connectivity index is 1.76. The zero-order valence-corrected chi connectivity index (χ0v) is 11.6. The number of anilines is 1. The van der Waals surface area contributed by atoms with Crippen LogP contribution in [0.4, 0.5) is 14.9 Å². The van der Waals surface area contributed by atoms with Gasteiger partial charge in [-0.15, -0.1) is 11.6 Å². The quantitative estimate of drug-likeness (QED) is 0.871. The summed E-state index contributed by atoms with van der Waals surface area (Å²) in [6.45, 7) is 2.24. The standard InChI is InChI=1S/C13H14ClFN2O3/c1-8(14)12(18)17-6-11(7-17)20-13(19)16-10-4-2-3-9(15)5-10/h2-5,8,11H,6-7H2,1H3,(H,16,19). The summed E-state index contributed by atoms with van der Waals surface area (Å²) in [7, 11) is 0. The average molecular weight is 301 g/mol. The van der Waals surface area contributed by atoms with Crippen LogP contribution in [0, 0.1) is 5.82 Å². The molecule has 1 fully saturated rings. The normalized spacial score (nSPS) is 16.2. The average Bonchev–Trinajstić information content (AvgIpc) is 2.32. The van der Waals surface area contributed by atoms with Gasteiger partial charge in [-0.2, -0.15) is 0 Å². The first-order valence-corrected chi connectivity index (χ1v) is 6.55. The summed E-state index contributed by atoms with van der Waals surface area (Å²) in [6, 6.07) is 5.50. The highest BCUT2D eigenvalue weighted by molar-refractivity contribution is 6.30. The second kappa shape index (κ2) is 6.09. The molecular formula is C13H14ClFN2O3. The van der Waals surface area contributed by atoms with Gasteiger partial charge < -0.3 is 9.64 Å². The summed E-state index contributed by atoms with van der Waals surface area (Å²) in [5.74, 6) is -0.628. The summed E-state index contributed by atoms with van der Waals surface area (Å²) < 4.78 is 18.0. The highest BCUT2D eigenvalue weighted by atomic mass is 35.5. The molecule has 0 spiro atoms. The minimum absolute atomic E-state index is 0.183. The van der Waals surface area contributed by atoms with Crippen molar-refractivity contribution in [3.05, 3.63) is 30.1 Å². The molecule has 0 radical (unpaired) electrons. The molecule has 0 saturated carbocycles. The fraction of sp³-hybridized carbons (Fsp3) is 0.385. The van der Waals surface area contributed by atoms with E-state index in [-0.39, 0.29) is 12.0 Å². The maximum absolute atomic E-state index is 12.9. The Morgan fingerprint density at radius 3 is 2.80 bits per heavy atom. The van der Waals surface area contributed by atoms with Crippen molar-refractivity contribution in [3.8, 4) is 0 Å². The number of ether oxygens (including phenoxy) is 1. The lowest BCUT2D eigenvalue weighted by Gasteiger charge is -2.38. The lowest BCUT2D eigenvalue weighted by atomic mass is 10.1. The molecular weight excluding hydrogens is 287 g/mol. The summed E-state index contributed by atoms with van der Waals surface area (Å²) in [5.41, 5.74) is 0.316. The monoisotopic (exact) mass is 300 g/mol. The molecule has 7 heteroatoms. The number of benzene rings is 1. The molecule has 1 N–H and O–H groups in total. The zero-order valence-electron chi connectivity index (χ0n) is 10.8. The molecule has 1 aromatic rings. The highest BCUT2D eigenvalue weighted by Crippen LogP contribution is 2.16. The van der Waals surface area contributed by atoms with Crippen LogP contribution in [0.3, 0.4) is 0 Å². The second-order valence-corrected chi connectivity index (χ2v) is 5.18. The molecule has 2 rings (SSSR count). The Hall–Kier alpha value is -1.82. The number of amides is 2. The van der Waals surface area contributed by atoms with Gasteiger partial charge in [0.05, 0.1) is 13.1 Å². The number of nitrogens with zero attached hydrogens (tertiary/aromatic N) is 1. The molecule has 0 aliphatic carbocycles. The summed E-state index contributed by atoms with van der Waals surface area (Å²) >= 11 is 5.66. The number of carbonyl (C=O) groups is 2. The third-order valence-electron chi connectivity index (χ3n) is 2.84. The lowest BCUT2D eigenvalue weighted by molar-refractivity contribution is -0.140. The third kappa shape index (κ3) is 3.60. The number of alkyl halides is 1. The van der Waals surface area contributed by atoms with Crippen LogP contribution >= 0.6 is 11.6 Å². The van der Waals surface area contributed by atoms with E-state index in [0.717, 1.165) is 0 Å². The molecule has 20 heavy (non-hydrogen) atoms. The van der Waals surface area contributed by atoms with E-state index in [9.17, 15) is 14.0 Å². The van der Waals surface area contributed by atoms with Gasteiger partial charge in [0.15, 0.2) is 0 Å². The Labute approximate surface area is 120 Å². The molecule has 0 bridgehead atoms. The number of hydrogen-bond donors (Lipinski definition) is 1. The van der Waals surface area contributed by atoms with Crippen LogP contribution in [-0.2, 0) is 9.53 Å². The number of halogens is 2. The van der Waals surface area contributed by atoms with Gasteiger partial charge in [-0.05, 0) is 25.1 Å². The fourth-order valence-corrected chi connectivity index (χ4v) is 1.95.